The van der Waals surface area contributed by atoms with Gasteiger partial charge < -0.3 is 19.2 Å². The molecule has 6 aliphatic heterocycles. The van der Waals surface area contributed by atoms with Crippen molar-refractivity contribution in [1.82, 2.24) is 40.2 Å². The molecule has 260 valence electrons. The minimum atomic E-state index is -1.21. The Kier molecular flexibility index (Phi) is 6.77. The maximum Gasteiger partial charge on any atom is 0.319 e. The first-order valence-corrected chi connectivity index (χ1v) is 17.9. The number of rotatable bonds is 3. The van der Waals surface area contributed by atoms with Gasteiger partial charge in [-0.3, -0.25) is 15.0 Å². The molecule has 1 aromatic carbocycles. The van der Waals surface area contributed by atoms with Crippen molar-refractivity contribution in [3.05, 3.63) is 46.6 Å². The van der Waals surface area contributed by atoms with Crippen LogP contribution in [0.15, 0.2) is 22.9 Å². The van der Waals surface area contributed by atoms with Crippen LogP contribution in [0.3, 0.4) is 0 Å². The number of nitrogens with one attached hydrogen (secondary N) is 1. The molecule has 2 atom stereocenters. The number of aromatic nitrogens is 7. The van der Waals surface area contributed by atoms with Gasteiger partial charge >= 0.3 is 6.01 Å². The Morgan fingerprint density at radius 3 is 2.86 bits per heavy atom. The van der Waals surface area contributed by atoms with Gasteiger partial charge in [-0.05, 0) is 75.0 Å². The Bertz CT molecular complexity index is 2170. The Labute approximate surface area is 290 Å². The molecule has 3 saturated heterocycles. The first-order chi connectivity index (χ1) is 24.2. The van der Waals surface area contributed by atoms with Crippen molar-refractivity contribution >= 4 is 39.2 Å². The quantitative estimate of drug-likeness (QED) is 0.248. The number of alkyl halides is 1. The van der Waals surface area contributed by atoms with Gasteiger partial charge in [-0.2, -0.15) is 15.1 Å². The van der Waals surface area contributed by atoms with Crippen LogP contribution < -0.4 is 9.64 Å². The number of fused-ring (bicyclic) bond motifs is 2. The van der Waals surface area contributed by atoms with E-state index in [0.29, 0.717) is 102 Å². The Morgan fingerprint density at radius 1 is 1.08 bits per heavy atom. The number of aliphatic hydroxyl groups is 1. The number of hydrogen-bond acceptors (Lipinski definition) is 11. The van der Waals surface area contributed by atoms with E-state index in [1.165, 1.54) is 0 Å². The number of benzene rings is 1. The molecule has 4 fully saturated rings. The molecule has 1 aliphatic carbocycles. The van der Waals surface area contributed by atoms with Crippen molar-refractivity contribution in [3.8, 4) is 17.3 Å². The number of nitrogens with zero attached hydrogens (tertiary/aromatic N) is 8. The molecule has 9 bridgehead atoms. The molecule has 15 heteroatoms. The van der Waals surface area contributed by atoms with E-state index < -0.39 is 23.1 Å². The van der Waals surface area contributed by atoms with Gasteiger partial charge in [0.2, 0.25) is 11.8 Å². The second-order valence-electron chi connectivity index (χ2n) is 15.2. The third-order valence-corrected chi connectivity index (χ3v) is 12.2. The molecule has 5 aromatic rings. The summed E-state index contributed by atoms with van der Waals surface area (Å²) in [4.78, 5) is 18.7. The van der Waals surface area contributed by atoms with Crippen LogP contribution in [0.1, 0.15) is 68.7 Å². The second-order valence-corrected chi connectivity index (χ2v) is 15.6. The Balaban J connectivity index is 1.14. The monoisotopic (exact) mass is 703 g/mol. The van der Waals surface area contributed by atoms with Gasteiger partial charge in [-0.25, -0.2) is 8.78 Å². The van der Waals surface area contributed by atoms with E-state index in [0.717, 1.165) is 32.2 Å². The molecule has 0 radical (unpaired) electrons. The van der Waals surface area contributed by atoms with E-state index >= 15 is 4.39 Å². The zero-order valence-electron chi connectivity index (χ0n) is 27.4. The molecule has 0 amide bonds. The average molecular weight is 704 g/mol. The smallest absolute Gasteiger partial charge is 0.319 e. The van der Waals surface area contributed by atoms with E-state index in [1.54, 1.807) is 18.5 Å². The predicted molar refractivity (Wildman–Crippen MR) is 179 cm³/mol. The summed E-state index contributed by atoms with van der Waals surface area (Å²) >= 11 is 6.89. The second kappa shape index (κ2) is 11.0. The van der Waals surface area contributed by atoms with Gasteiger partial charge in [0.1, 0.15) is 35.4 Å². The number of anilines is 1. The van der Waals surface area contributed by atoms with Gasteiger partial charge in [0.05, 0.1) is 22.6 Å². The van der Waals surface area contributed by atoms with Crippen LogP contribution in [0, 0.1) is 11.2 Å². The van der Waals surface area contributed by atoms with Crippen molar-refractivity contribution in [2.45, 2.75) is 81.5 Å². The molecule has 12 nitrogen and oxygen atoms in total. The van der Waals surface area contributed by atoms with Gasteiger partial charge in [0.25, 0.3) is 0 Å². The van der Waals surface area contributed by atoms with Crippen LogP contribution in [0.25, 0.3) is 33.1 Å². The van der Waals surface area contributed by atoms with E-state index in [1.807, 2.05) is 0 Å². The van der Waals surface area contributed by atoms with Crippen LogP contribution in [-0.4, -0.2) is 89.8 Å². The SMILES string of the molecule is OC12CC3(CCCN(C3)c3nc(OCC45CCCN4C[C@H](F)C5)nc4c(F)c(ncc34)-c3c(c(Cl)cc4[nH]ncc34)CCCc3nnc1o3)C2. The molecule has 1 unspecified atom stereocenters. The standard InChI is InChI=1S/C35H36ClF2N9O3/c36-23-10-24-21(13-40-43-24)26-20(23)4-1-5-25-44-45-31(50-25)35(48)15-33(16-35)6-2-8-46(17-33)30-22-12-39-29(26)27(38)28(22)41-32(42-30)49-18-34-7-3-9-47(34)14-19(37)11-34/h10,12-13,19,48H,1-9,11,14-18H2,(H,40,43)/t19-,33?,34?,35?/m1/s1. The third kappa shape index (κ3) is 4.67. The Morgan fingerprint density at radius 2 is 1.96 bits per heavy atom. The summed E-state index contributed by atoms with van der Waals surface area (Å²) in [6.07, 6.45) is 8.77. The highest BCUT2D eigenvalue weighted by molar-refractivity contribution is 6.33. The highest BCUT2D eigenvalue weighted by Gasteiger charge is 2.59. The average Bonchev–Trinajstić information content (AvgIpc) is 3.88. The lowest BCUT2D eigenvalue weighted by atomic mass is 9.56. The van der Waals surface area contributed by atoms with Crippen molar-refractivity contribution in [2.75, 3.05) is 37.7 Å². The molecular weight excluding hydrogens is 668 g/mol. The zero-order chi connectivity index (χ0) is 33.8. The highest BCUT2D eigenvalue weighted by Crippen LogP contribution is 2.58. The third-order valence-electron chi connectivity index (χ3n) is 11.9. The fraction of sp³-hybridized carbons (Fsp3) is 0.543. The summed E-state index contributed by atoms with van der Waals surface area (Å²) in [6, 6.07) is 1.83. The minimum absolute atomic E-state index is 0.0457. The lowest BCUT2D eigenvalue weighted by Crippen LogP contribution is -2.57. The largest absolute Gasteiger partial charge is 0.461 e. The van der Waals surface area contributed by atoms with Crippen molar-refractivity contribution in [2.24, 2.45) is 5.41 Å². The number of hydrogen-bond donors (Lipinski definition) is 2. The summed E-state index contributed by atoms with van der Waals surface area (Å²) < 4.78 is 44.2. The van der Waals surface area contributed by atoms with Crippen LogP contribution in [0.4, 0.5) is 14.6 Å². The summed E-state index contributed by atoms with van der Waals surface area (Å²) in [7, 11) is 0. The molecule has 2 N–H and O–H groups in total. The fourth-order valence-corrected chi connectivity index (χ4v) is 10.0. The number of ether oxygens (including phenoxy) is 1. The number of halogens is 3. The first kappa shape index (κ1) is 30.8. The number of piperidine rings is 1. The fourth-order valence-electron chi connectivity index (χ4n) is 9.74. The maximum atomic E-state index is 17.2. The molecule has 7 aliphatic rings. The maximum absolute atomic E-state index is 17.2. The van der Waals surface area contributed by atoms with E-state index in [9.17, 15) is 9.50 Å². The van der Waals surface area contributed by atoms with Gasteiger partial charge in [-0.1, -0.05) is 11.6 Å². The molecule has 50 heavy (non-hydrogen) atoms. The van der Waals surface area contributed by atoms with Gasteiger partial charge in [0.15, 0.2) is 5.82 Å². The van der Waals surface area contributed by atoms with Crippen LogP contribution in [-0.2, 0) is 18.4 Å². The molecule has 12 rings (SSSR count). The molecule has 10 heterocycles. The zero-order valence-corrected chi connectivity index (χ0v) is 28.1. The van der Waals surface area contributed by atoms with Gasteiger partial charge in [-0.15, -0.1) is 10.2 Å². The summed E-state index contributed by atoms with van der Waals surface area (Å²) in [5, 5.41) is 28.9. The highest BCUT2D eigenvalue weighted by atomic mass is 35.5. The normalized spacial score (nSPS) is 29.3. The molecule has 1 saturated carbocycles. The van der Waals surface area contributed by atoms with Crippen molar-refractivity contribution in [1.29, 1.82) is 0 Å². The number of aryl methyl sites for hydroxylation is 1. The molecule has 1 spiro atoms. The van der Waals surface area contributed by atoms with Crippen LogP contribution in [0.5, 0.6) is 6.01 Å². The van der Waals surface area contributed by atoms with Crippen LogP contribution >= 0.6 is 11.6 Å². The lowest BCUT2D eigenvalue weighted by molar-refractivity contribution is -0.154. The number of H-pyrrole nitrogens is 1. The van der Waals surface area contributed by atoms with Crippen LogP contribution in [0.2, 0.25) is 5.02 Å². The summed E-state index contributed by atoms with van der Waals surface area (Å²) in [6.45, 7) is 2.70. The topological polar surface area (TPSA) is 142 Å². The Hall–Kier alpha value is -4.01. The van der Waals surface area contributed by atoms with Crippen molar-refractivity contribution < 1.29 is 23.0 Å². The molecular formula is C35H36ClF2N9O3. The first-order valence-electron chi connectivity index (χ1n) is 17.5. The van der Waals surface area contributed by atoms with E-state index in [2.05, 4.69) is 30.2 Å². The number of aromatic amines is 1. The minimum Gasteiger partial charge on any atom is -0.461 e. The predicted octanol–water partition coefficient (Wildman–Crippen LogP) is 5.46. The molecule has 4 aromatic heterocycles. The summed E-state index contributed by atoms with van der Waals surface area (Å²) in [5.74, 6) is 0.594. The van der Waals surface area contributed by atoms with E-state index in [4.69, 9.17) is 35.7 Å². The number of pyridine rings is 1. The summed E-state index contributed by atoms with van der Waals surface area (Å²) in [5.41, 5.74) is 0.233. The van der Waals surface area contributed by atoms with Crippen molar-refractivity contribution in [3.63, 3.8) is 0 Å². The van der Waals surface area contributed by atoms with Gasteiger partial charge in [0, 0.05) is 54.6 Å². The van der Waals surface area contributed by atoms with E-state index in [-0.39, 0.29) is 35.1 Å². The lowest BCUT2D eigenvalue weighted by Gasteiger charge is -2.55.